The van der Waals surface area contributed by atoms with Gasteiger partial charge in [-0.2, -0.15) is 0 Å². The summed E-state index contributed by atoms with van der Waals surface area (Å²) < 4.78 is 17.3. The van der Waals surface area contributed by atoms with Crippen molar-refractivity contribution < 1.29 is 33.7 Å². The number of aromatic hydroxyl groups is 1. The van der Waals surface area contributed by atoms with Crippen LogP contribution in [0.25, 0.3) is 6.08 Å². The summed E-state index contributed by atoms with van der Waals surface area (Å²) in [4.78, 5) is 38.1. The molecular formula is C46H66O7. The molecule has 7 nitrogen and oxygen atoms in total. The van der Waals surface area contributed by atoms with Crippen molar-refractivity contribution in [3.05, 3.63) is 41.0 Å². The van der Waals surface area contributed by atoms with Crippen molar-refractivity contribution in [2.24, 2.45) is 46.3 Å². The van der Waals surface area contributed by atoms with E-state index in [2.05, 4.69) is 40.7 Å². The number of phenolic OH excluding ortho intramolecular Hbond substituents is 1. The number of esters is 2. The highest BCUT2D eigenvalue weighted by molar-refractivity contribution is 5.97. The lowest BCUT2D eigenvalue weighted by molar-refractivity contribution is -0.154. The van der Waals surface area contributed by atoms with Gasteiger partial charge in [0.2, 0.25) is 0 Å². The van der Waals surface area contributed by atoms with Crippen LogP contribution in [-0.4, -0.2) is 42.1 Å². The summed E-state index contributed by atoms with van der Waals surface area (Å²) in [5, 5.41) is 10.9. The Morgan fingerprint density at radius 2 is 1.79 bits per heavy atom. The molecule has 0 unspecified atom stereocenters. The maximum absolute atomic E-state index is 13.1. The van der Waals surface area contributed by atoms with Gasteiger partial charge in [-0.05, 0) is 129 Å². The third kappa shape index (κ3) is 8.91. The fourth-order valence-electron chi connectivity index (χ4n) is 11.6. The number of carbonyl (C=O) groups is 3. The van der Waals surface area contributed by atoms with E-state index in [0.29, 0.717) is 49.0 Å². The van der Waals surface area contributed by atoms with E-state index in [1.807, 2.05) is 6.08 Å². The van der Waals surface area contributed by atoms with Crippen molar-refractivity contribution in [2.45, 2.75) is 150 Å². The number of cyclic esters (lactones) is 1. The summed E-state index contributed by atoms with van der Waals surface area (Å²) in [6.07, 6.45) is 23.1. The highest BCUT2D eigenvalue weighted by Crippen LogP contribution is 2.67. The molecule has 3 fully saturated rings. The average Bonchev–Trinajstić information content (AvgIpc) is 3.47. The Balaban J connectivity index is 1.05. The summed E-state index contributed by atoms with van der Waals surface area (Å²) >= 11 is 0. The van der Waals surface area contributed by atoms with Gasteiger partial charge in [-0.1, -0.05) is 77.7 Å². The van der Waals surface area contributed by atoms with Crippen LogP contribution >= 0.6 is 0 Å². The molecule has 6 rings (SSSR count). The number of hydrogen-bond acceptors (Lipinski definition) is 7. The molecule has 4 aliphatic carbocycles. The molecule has 3 saturated carbocycles. The highest BCUT2D eigenvalue weighted by atomic mass is 16.6. The maximum atomic E-state index is 13.1. The average molecular weight is 731 g/mol. The summed E-state index contributed by atoms with van der Waals surface area (Å²) in [6.45, 7) is 12.3. The number of Topliss-reactive ketones (excluding diaryl/α,β-unsaturated/α-hetero) is 1. The van der Waals surface area contributed by atoms with E-state index in [1.165, 1.54) is 56.6 Å². The number of ether oxygens (including phenoxy) is 3. The smallest absolute Gasteiger partial charge is 0.344 e. The van der Waals surface area contributed by atoms with Gasteiger partial charge in [-0.25, -0.2) is 9.59 Å². The van der Waals surface area contributed by atoms with Crippen molar-refractivity contribution in [2.75, 3.05) is 13.2 Å². The minimum Gasteiger partial charge on any atom is -0.507 e. The number of carbonyl (C=O) groups excluding carboxylic acids is 3. The Labute approximate surface area is 318 Å². The molecule has 0 amide bonds. The van der Waals surface area contributed by atoms with Gasteiger partial charge in [0.25, 0.3) is 0 Å². The number of allylic oxidation sites excluding steroid dienone is 2. The molecule has 0 radical (unpaired) electrons. The van der Waals surface area contributed by atoms with Gasteiger partial charge >= 0.3 is 11.9 Å². The lowest BCUT2D eigenvalue weighted by Gasteiger charge is -2.58. The van der Waals surface area contributed by atoms with E-state index in [-0.39, 0.29) is 47.6 Å². The van der Waals surface area contributed by atoms with Crippen LogP contribution in [0, 0.1) is 46.3 Å². The molecule has 5 aliphatic rings. The van der Waals surface area contributed by atoms with Gasteiger partial charge in [0.15, 0.2) is 6.61 Å². The molecule has 53 heavy (non-hydrogen) atoms. The number of rotatable bonds is 9. The van der Waals surface area contributed by atoms with Gasteiger partial charge in [-0.15, -0.1) is 0 Å². The number of benzene rings is 1. The third-order valence-corrected chi connectivity index (χ3v) is 14.4. The fraction of sp³-hybridized carbons (Fsp3) is 0.717. The van der Waals surface area contributed by atoms with Crippen LogP contribution < -0.4 is 4.74 Å². The zero-order valence-electron chi connectivity index (χ0n) is 33.3. The van der Waals surface area contributed by atoms with Crippen molar-refractivity contribution in [1.82, 2.24) is 0 Å². The Morgan fingerprint density at radius 3 is 2.60 bits per heavy atom. The van der Waals surface area contributed by atoms with Crippen molar-refractivity contribution in [3.63, 3.8) is 0 Å². The molecule has 1 N–H and O–H groups in total. The monoisotopic (exact) mass is 730 g/mol. The molecule has 0 bridgehead atoms. The molecule has 7 heteroatoms. The fourth-order valence-corrected chi connectivity index (χ4v) is 11.6. The molecule has 1 aliphatic heterocycles. The second-order valence-electron chi connectivity index (χ2n) is 18.3. The zero-order valence-corrected chi connectivity index (χ0v) is 33.3. The lowest BCUT2D eigenvalue weighted by Crippen LogP contribution is -2.51. The molecule has 8 atom stereocenters. The molecular weight excluding hydrogens is 664 g/mol. The number of ketones is 1. The van der Waals surface area contributed by atoms with Crippen molar-refractivity contribution in [1.29, 1.82) is 0 Å². The SMILES string of the molecule is CC(C)CCC[C@H](C)[C@H]1CC[C@H]2[C@@H]3CC=C4C[C@@H](OC(=O)COc5cc(O)c6c(c5)/C=C/CCCC(=O)CCCCOC6=O)CC[C@]4(C)[C@H]3CC[C@]12C. The van der Waals surface area contributed by atoms with Crippen LogP contribution in [0.15, 0.2) is 29.9 Å². The summed E-state index contributed by atoms with van der Waals surface area (Å²) in [5.74, 6) is 3.94. The lowest BCUT2D eigenvalue weighted by atomic mass is 9.47. The van der Waals surface area contributed by atoms with Gasteiger partial charge in [0.1, 0.15) is 28.9 Å². The predicted molar refractivity (Wildman–Crippen MR) is 209 cm³/mol. The van der Waals surface area contributed by atoms with E-state index in [4.69, 9.17) is 14.2 Å². The highest BCUT2D eigenvalue weighted by Gasteiger charge is 2.59. The molecule has 0 aromatic heterocycles. The maximum Gasteiger partial charge on any atom is 0.344 e. The second-order valence-corrected chi connectivity index (χ2v) is 18.3. The Morgan fingerprint density at radius 1 is 0.981 bits per heavy atom. The number of fused-ring (bicyclic) bond motifs is 6. The standard InChI is InChI=1S/C46H66O7/c1-30(2)12-11-13-31(3)38-19-20-39-37-18-17-33-27-35(21-23-45(33,4)40(37)22-24-46(38,39)5)53-42(49)29-52-36-26-32-14-7-6-8-15-34(47)16-9-10-25-51-44(50)43(32)41(48)28-36/h7,14,17,26,28,30-31,35,37-40,48H,6,8-13,15-16,18-25,27,29H2,1-5H3/b14-7+/t31-,35-,37-,38+,39-,40-,45-,46+/m0/s1. The van der Waals surface area contributed by atoms with Gasteiger partial charge in [0.05, 0.1) is 6.61 Å². The van der Waals surface area contributed by atoms with Crippen molar-refractivity contribution in [3.8, 4) is 11.5 Å². The second kappa shape index (κ2) is 17.1. The largest absolute Gasteiger partial charge is 0.507 e. The minimum atomic E-state index is -0.624. The first-order valence-electron chi connectivity index (χ1n) is 21.1. The van der Waals surface area contributed by atoms with E-state index < -0.39 is 11.9 Å². The van der Waals surface area contributed by atoms with E-state index in [9.17, 15) is 19.5 Å². The van der Waals surface area contributed by atoms with Crippen LogP contribution in [0.3, 0.4) is 0 Å². The van der Waals surface area contributed by atoms with E-state index in [0.717, 1.165) is 61.7 Å². The van der Waals surface area contributed by atoms with Gasteiger partial charge in [0, 0.05) is 25.3 Å². The first-order chi connectivity index (χ1) is 25.4. The normalized spacial score (nSPS) is 33.2. The van der Waals surface area contributed by atoms with Crippen LogP contribution in [0.5, 0.6) is 11.5 Å². The summed E-state index contributed by atoms with van der Waals surface area (Å²) in [7, 11) is 0. The van der Waals surface area contributed by atoms with Gasteiger partial charge < -0.3 is 19.3 Å². The Bertz CT molecular complexity index is 1540. The Kier molecular flexibility index (Phi) is 12.8. The van der Waals surface area contributed by atoms with Gasteiger partial charge in [-0.3, -0.25) is 4.79 Å². The molecule has 1 heterocycles. The van der Waals surface area contributed by atoms with E-state index in [1.54, 1.807) is 12.1 Å². The van der Waals surface area contributed by atoms with Crippen LogP contribution in [-0.2, 0) is 19.1 Å². The quantitative estimate of drug-likeness (QED) is 0.199. The number of phenols is 1. The molecule has 0 saturated heterocycles. The Hall–Kier alpha value is -3.09. The molecule has 1 aromatic rings. The number of hydrogen-bond donors (Lipinski definition) is 1. The predicted octanol–water partition coefficient (Wildman–Crippen LogP) is 10.8. The van der Waals surface area contributed by atoms with E-state index >= 15 is 0 Å². The minimum absolute atomic E-state index is 0.0690. The van der Waals surface area contributed by atoms with Crippen LogP contribution in [0.4, 0.5) is 0 Å². The molecule has 292 valence electrons. The summed E-state index contributed by atoms with van der Waals surface area (Å²) in [6, 6.07) is 3.00. The topological polar surface area (TPSA) is 99.1 Å². The zero-order chi connectivity index (χ0) is 37.8. The van der Waals surface area contributed by atoms with Crippen LogP contribution in [0.1, 0.15) is 160 Å². The van der Waals surface area contributed by atoms with Crippen LogP contribution in [0.2, 0.25) is 0 Å². The molecule has 1 aromatic carbocycles. The summed E-state index contributed by atoms with van der Waals surface area (Å²) in [5.41, 5.74) is 2.66. The first-order valence-corrected chi connectivity index (χ1v) is 21.1. The third-order valence-electron chi connectivity index (χ3n) is 14.4. The first kappa shape index (κ1) is 39.6. The molecule has 0 spiro atoms. The van der Waals surface area contributed by atoms with Crippen molar-refractivity contribution >= 4 is 23.8 Å².